The lowest BCUT2D eigenvalue weighted by Crippen LogP contribution is -2.02. The van der Waals surface area contributed by atoms with Gasteiger partial charge in [0.1, 0.15) is 5.75 Å². The lowest BCUT2D eigenvalue weighted by atomic mass is 10.0. The van der Waals surface area contributed by atoms with Crippen LogP contribution in [-0.2, 0) is 16.0 Å². The van der Waals surface area contributed by atoms with Gasteiger partial charge in [-0.1, -0.05) is 30.3 Å². The van der Waals surface area contributed by atoms with Crippen molar-refractivity contribution in [2.75, 3.05) is 7.11 Å². The molecule has 2 rings (SSSR count). The molecule has 0 atom stereocenters. The van der Waals surface area contributed by atoms with Crippen LogP contribution in [0.2, 0.25) is 0 Å². The van der Waals surface area contributed by atoms with Gasteiger partial charge < -0.3 is 9.84 Å². The molecule has 0 heterocycles. The number of methoxy groups -OCH3 is 1. The molecule has 0 saturated heterocycles. The first-order valence-electron chi connectivity index (χ1n) is 5.49. The molecule has 0 aliphatic carbocycles. The summed E-state index contributed by atoms with van der Waals surface area (Å²) in [5.74, 6) is 0.0459. The smallest absolute Gasteiger partial charge is 0.305 e. The highest BCUT2D eigenvalue weighted by Crippen LogP contribution is 2.27. The van der Waals surface area contributed by atoms with Gasteiger partial charge in [-0.15, -0.1) is 0 Å². The molecule has 0 saturated carbocycles. The minimum atomic E-state index is -0.220. The minimum absolute atomic E-state index is 0.220. The van der Waals surface area contributed by atoms with Gasteiger partial charge in [-0.3, -0.25) is 4.79 Å². The van der Waals surface area contributed by atoms with E-state index in [1.54, 1.807) is 12.1 Å². The van der Waals surface area contributed by atoms with Crippen LogP contribution in [0.1, 0.15) is 12.0 Å². The molecule has 3 heteroatoms. The molecule has 0 aliphatic rings. The Hall–Kier alpha value is -2.03. The summed E-state index contributed by atoms with van der Waals surface area (Å²) in [6, 6.07) is 11.1. The van der Waals surface area contributed by atoms with Crippen LogP contribution in [0.5, 0.6) is 5.75 Å². The number of esters is 1. The maximum absolute atomic E-state index is 11.1. The highest BCUT2D eigenvalue weighted by molar-refractivity contribution is 5.90. The third-order valence-electron chi connectivity index (χ3n) is 2.82. The van der Waals surface area contributed by atoms with Crippen molar-refractivity contribution in [1.29, 1.82) is 0 Å². The van der Waals surface area contributed by atoms with Crippen LogP contribution in [-0.4, -0.2) is 18.2 Å². The van der Waals surface area contributed by atoms with Gasteiger partial charge in [0.15, 0.2) is 0 Å². The molecule has 0 fully saturated rings. The molecule has 17 heavy (non-hydrogen) atoms. The molecule has 0 aliphatic heterocycles. The van der Waals surface area contributed by atoms with E-state index in [0.29, 0.717) is 12.8 Å². The molecule has 0 bridgehead atoms. The lowest BCUT2D eigenvalue weighted by molar-refractivity contribution is -0.140. The zero-order valence-electron chi connectivity index (χ0n) is 9.64. The first-order valence-corrected chi connectivity index (χ1v) is 5.49. The summed E-state index contributed by atoms with van der Waals surface area (Å²) in [6.45, 7) is 0. The molecule has 0 spiro atoms. The summed E-state index contributed by atoms with van der Waals surface area (Å²) in [6.07, 6.45) is 0.971. The van der Waals surface area contributed by atoms with Gasteiger partial charge in [0.2, 0.25) is 0 Å². The molecule has 0 aromatic heterocycles. The van der Waals surface area contributed by atoms with Gasteiger partial charge in [-0.05, 0) is 23.4 Å². The second-order valence-electron chi connectivity index (χ2n) is 3.87. The number of hydrogen-bond acceptors (Lipinski definition) is 3. The average molecular weight is 230 g/mol. The largest absolute Gasteiger partial charge is 0.507 e. The second-order valence-corrected chi connectivity index (χ2v) is 3.87. The molecule has 88 valence electrons. The van der Waals surface area contributed by atoms with Crippen molar-refractivity contribution in [1.82, 2.24) is 0 Å². The maximum atomic E-state index is 11.1. The zero-order valence-corrected chi connectivity index (χ0v) is 9.64. The summed E-state index contributed by atoms with van der Waals surface area (Å²) in [4.78, 5) is 11.1. The van der Waals surface area contributed by atoms with E-state index in [1.807, 2.05) is 24.3 Å². The molecule has 2 aromatic carbocycles. The Morgan fingerprint density at radius 2 is 1.88 bits per heavy atom. The van der Waals surface area contributed by atoms with Crippen molar-refractivity contribution in [3.05, 3.63) is 42.0 Å². The highest BCUT2D eigenvalue weighted by atomic mass is 16.5. The van der Waals surface area contributed by atoms with Gasteiger partial charge >= 0.3 is 5.97 Å². The number of hydrogen-bond donors (Lipinski definition) is 1. The number of rotatable bonds is 3. The maximum Gasteiger partial charge on any atom is 0.305 e. The van der Waals surface area contributed by atoms with Crippen molar-refractivity contribution in [2.24, 2.45) is 0 Å². The Morgan fingerprint density at radius 1 is 1.18 bits per heavy atom. The van der Waals surface area contributed by atoms with Crippen LogP contribution in [0.25, 0.3) is 10.8 Å². The van der Waals surface area contributed by atoms with Crippen LogP contribution in [0.15, 0.2) is 36.4 Å². The first-order chi connectivity index (χ1) is 8.22. The highest BCUT2D eigenvalue weighted by Gasteiger charge is 2.06. The lowest BCUT2D eigenvalue weighted by Gasteiger charge is -2.07. The van der Waals surface area contributed by atoms with Crippen LogP contribution >= 0.6 is 0 Å². The Morgan fingerprint density at radius 3 is 2.65 bits per heavy atom. The standard InChI is InChI=1S/C14H14O3/c1-17-14(16)9-8-10-4-2-6-12-11(10)5-3-7-13(12)15/h2-7,15H,8-9H2,1H3. The zero-order chi connectivity index (χ0) is 12.3. The summed E-state index contributed by atoms with van der Waals surface area (Å²) in [5, 5.41) is 11.5. The number of phenols is 1. The van der Waals surface area contributed by atoms with Crippen molar-refractivity contribution in [3.8, 4) is 5.75 Å². The molecule has 0 amide bonds. The van der Waals surface area contributed by atoms with Gasteiger partial charge in [0, 0.05) is 11.8 Å². The van der Waals surface area contributed by atoms with E-state index in [-0.39, 0.29) is 11.7 Å². The predicted octanol–water partition coefficient (Wildman–Crippen LogP) is 2.65. The number of aryl methyl sites for hydroxylation is 1. The van der Waals surface area contributed by atoms with E-state index in [9.17, 15) is 9.90 Å². The normalized spacial score (nSPS) is 10.4. The number of fused-ring (bicyclic) bond motifs is 1. The minimum Gasteiger partial charge on any atom is -0.507 e. The van der Waals surface area contributed by atoms with Gasteiger partial charge in [0.25, 0.3) is 0 Å². The SMILES string of the molecule is COC(=O)CCc1cccc2c(O)cccc12. The van der Waals surface area contributed by atoms with E-state index < -0.39 is 0 Å². The second kappa shape index (κ2) is 4.87. The number of benzene rings is 2. The Labute approximate surface area is 99.6 Å². The summed E-state index contributed by atoms with van der Waals surface area (Å²) >= 11 is 0. The average Bonchev–Trinajstić information content (AvgIpc) is 2.36. The quantitative estimate of drug-likeness (QED) is 0.824. The van der Waals surface area contributed by atoms with Crippen molar-refractivity contribution < 1.29 is 14.6 Å². The van der Waals surface area contributed by atoms with E-state index in [1.165, 1.54) is 7.11 Å². The summed E-state index contributed by atoms with van der Waals surface area (Å²) in [7, 11) is 1.39. The third kappa shape index (κ3) is 2.38. The molecule has 0 unspecified atom stereocenters. The van der Waals surface area contributed by atoms with Crippen LogP contribution < -0.4 is 0 Å². The fourth-order valence-electron chi connectivity index (χ4n) is 1.92. The van der Waals surface area contributed by atoms with E-state index in [2.05, 4.69) is 4.74 Å². The number of phenolic OH excluding ortho intramolecular Hbond substituents is 1. The Kier molecular flexibility index (Phi) is 3.28. The number of aromatic hydroxyl groups is 1. The molecular weight excluding hydrogens is 216 g/mol. The molecular formula is C14H14O3. The van der Waals surface area contributed by atoms with E-state index in [4.69, 9.17) is 0 Å². The van der Waals surface area contributed by atoms with Gasteiger partial charge in [-0.2, -0.15) is 0 Å². The fraction of sp³-hybridized carbons (Fsp3) is 0.214. The molecule has 2 aromatic rings. The summed E-state index contributed by atoms with van der Waals surface area (Å²) in [5.41, 5.74) is 1.05. The molecule has 1 N–H and O–H groups in total. The van der Waals surface area contributed by atoms with Crippen molar-refractivity contribution >= 4 is 16.7 Å². The molecule has 3 nitrogen and oxygen atoms in total. The predicted molar refractivity (Wildman–Crippen MR) is 65.9 cm³/mol. The van der Waals surface area contributed by atoms with Gasteiger partial charge in [0.05, 0.1) is 7.11 Å². The third-order valence-corrected chi connectivity index (χ3v) is 2.82. The van der Waals surface area contributed by atoms with Gasteiger partial charge in [-0.25, -0.2) is 0 Å². The Bertz CT molecular complexity index is 546. The van der Waals surface area contributed by atoms with E-state index in [0.717, 1.165) is 16.3 Å². The monoisotopic (exact) mass is 230 g/mol. The number of carbonyl (C=O) groups excluding carboxylic acids is 1. The van der Waals surface area contributed by atoms with Crippen LogP contribution in [0.4, 0.5) is 0 Å². The number of carbonyl (C=O) groups is 1. The van der Waals surface area contributed by atoms with Crippen molar-refractivity contribution in [3.63, 3.8) is 0 Å². The number of ether oxygens (including phenoxy) is 1. The van der Waals surface area contributed by atoms with Crippen LogP contribution in [0, 0.1) is 0 Å². The van der Waals surface area contributed by atoms with Crippen LogP contribution in [0.3, 0.4) is 0 Å². The van der Waals surface area contributed by atoms with Crippen molar-refractivity contribution in [2.45, 2.75) is 12.8 Å². The topological polar surface area (TPSA) is 46.5 Å². The molecule has 0 radical (unpaired) electrons. The van der Waals surface area contributed by atoms with E-state index >= 15 is 0 Å². The Balaban J connectivity index is 2.34. The summed E-state index contributed by atoms with van der Waals surface area (Å²) < 4.78 is 4.62. The first kappa shape index (κ1) is 11.5. The fourth-order valence-corrected chi connectivity index (χ4v) is 1.92.